The van der Waals surface area contributed by atoms with E-state index in [1.165, 1.54) is 43.5 Å². The van der Waals surface area contributed by atoms with Crippen molar-refractivity contribution in [3.05, 3.63) is 64.9 Å². The molecule has 0 bridgehead atoms. The van der Waals surface area contributed by atoms with Crippen molar-refractivity contribution in [3.63, 3.8) is 0 Å². The van der Waals surface area contributed by atoms with Gasteiger partial charge in [0.1, 0.15) is 23.6 Å². The predicted molar refractivity (Wildman–Crippen MR) is 136 cm³/mol. The van der Waals surface area contributed by atoms with Gasteiger partial charge in [0.2, 0.25) is 0 Å². The Morgan fingerprint density at radius 2 is 1.68 bits per heavy atom. The van der Waals surface area contributed by atoms with Crippen LogP contribution in [0.1, 0.15) is 40.7 Å². The number of rotatable bonds is 14. The molecule has 2 aromatic rings. The molecule has 0 saturated heterocycles. The SMILES string of the molecule is CO/C(=C\c1ccc(O)c(C(=O)NCCCCC(N)C(=O)O)c1)C(=O)NC(Cc1ccc(O)cc1)C(=O)O. The first-order chi connectivity index (χ1) is 18.0. The lowest BCUT2D eigenvalue weighted by molar-refractivity contribution is -0.141. The monoisotopic (exact) mass is 529 g/mol. The zero-order valence-corrected chi connectivity index (χ0v) is 20.7. The molecular weight excluding hydrogens is 498 g/mol. The number of carboxylic acids is 2. The van der Waals surface area contributed by atoms with Gasteiger partial charge in [0.25, 0.3) is 11.8 Å². The van der Waals surface area contributed by atoms with Crippen LogP contribution in [-0.4, -0.2) is 69.9 Å². The van der Waals surface area contributed by atoms with Gasteiger partial charge < -0.3 is 41.5 Å². The highest BCUT2D eigenvalue weighted by Gasteiger charge is 2.23. The number of carbonyl (C=O) groups is 4. The molecule has 0 fully saturated rings. The molecule has 0 aliphatic heterocycles. The number of hydrogen-bond acceptors (Lipinski definition) is 8. The van der Waals surface area contributed by atoms with Crippen molar-refractivity contribution in [1.29, 1.82) is 0 Å². The molecule has 0 aliphatic carbocycles. The summed E-state index contributed by atoms with van der Waals surface area (Å²) in [6.07, 6.45) is 2.48. The maximum absolute atomic E-state index is 12.7. The highest BCUT2D eigenvalue weighted by Crippen LogP contribution is 2.21. The third-order valence-electron chi connectivity index (χ3n) is 5.53. The summed E-state index contributed by atoms with van der Waals surface area (Å²) in [7, 11) is 1.23. The number of phenols is 2. The molecule has 0 aromatic heterocycles. The van der Waals surface area contributed by atoms with Crippen molar-refractivity contribution >= 4 is 29.8 Å². The number of carbonyl (C=O) groups excluding carboxylic acids is 2. The molecular formula is C26H31N3O9. The summed E-state index contributed by atoms with van der Waals surface area (Å²) in [4.78, 5) is 47.7. The van der Waals surface area contributed by atoms with Crippen LogP contribution < -0.4 is 16.4 Å². The second-order valence-electron chi connectivity index (χ2n) is 8.42. The number of benzene rings is 2. The molecule has 0 spiro atoms. The molecule has 0 aliphatic rings. The summed E-state index contributed by atoms with van der Waals surface area (Å²) in [5.41, 5.74) is 6.29. The van der Waals surface area contributed by atoms with Crippen molar-refractivity contribution in [3.8, 4) is 11.5 Å². The minimum Gasteiger partial charge on any atom is -0.508 e. The molecule has 0 saturated carbocycles. The van der Waals surface area contributed by atoms with E-state index in [-0.39, 0.29) is 42.2 Å². The Morgan fingerprint density at radius 1 is 1.00 bits per heavy atom. The van der Waals surface area contributed by atoms with Crippen LogP contribution in [0.25, 0.3) is 6.08 Å². The summed E-state index contributed by atoms with van der Waals surface area (Å²) in [6, 6.07) is 7.69. The Kier molecular flexibility index (Phi) is 11.1. The number of hydrogen-bond donors (Lipinski definition) is 7. The molecule has 0 radical (unpaired) electrons. The van der Waals surface area contributed by atoms with Crippen LogP contribution in [0, 0.1) is 0 Å². The molecule has 2 unspecified atom stereocenters. The van der Waals surface area contributed by atoms with Crippen molar-refractivity contribution in [2.24, 2.45) is 5.73 Å². The van der Waals surface area contributed by atoms with Crippen LogP contribution in [0.2, 0.25) is 0 Å². The number of ether oxygens (including phenoxy) is 1. The maximum atomic E-state index is 12.7. The number of nitrogens with one attached hydrogen (secondary N) is 2. The fourth-order valence-corrected chi connectivity index (χ4v) is 3.40. The fraction of sp³-hybridized carbons (Fsp3) is 0.308. The predicted octanol–water partition coefficient (Wildman–Crippen LogP) is 1.21. The standard InChI is InChI=1S/C26H31N3O9/c1-38-22(24(33)29-20(26(36)37)13-15-5-8-17(30)9-6-15)14-16-7-10-21(31)18(12-16)23(32)28-11-3-2-4-19(27)25(34)35/h5-10,12,14,19-20,30-31H,2-4,11,13,27H2,1H3,(H,28,32)(H,29,33)(H,34,35)(H,36,37)/b22-14-. The van der Waals surface area contributed by atoms with Gasteiger partial charge in [-0.1, -0.05) is 18.2 Å². The van der Waals surface area contributed by atoms with E-state index in [0.717, 1.165) is 0 Å². The molecule has 204 valence electrons. The van der Waals surface area contributed by atoms with E-state index in [2.05, 4.69) is 10.6 Å². The van der Waals surface area contributed by atoms with Crippen LogP contribution in [-0.2, 0) is 25.5 Å². The number of nitrogens with two attached hydrogens (primary N) is 1. The van der Waals surface area contributed by atoms with Gasteiger partial charge in [0.15, 0.2) is 5.76 Å². The lowest BCUT2D eigenvalue weighted by atomic mass is 10.1. The Hall–Kier alpha value is -4.58. The Balaban J connectivity index is 2.06. The molecule has 12 nitrogen and oxygen atoms in total. The van der Waals surface area contributed by atoms with E-state index in [1.54, 1.807) is 12.1 Å². The summed E-state index contributed by atoms with van der Waals surface area (Å²) < 4.78 is 5.13. The number of carboxylic acid groups (broad SMARTS) is 2. The highest BCUT2D eigenvalue weighted by atomic mass is 16.5. The molecule has 8 N–H and O–H groups in total. The second kappa shape index (κ2) is 14.2. The highest BCUT2D eigenvalue weighted by molar-refractivity contribution is 6.00. The fourth-order valence-electron chi connectivity index (χ4n) is 3.40. The van der Waals surface area contributed by atoms with E-state index < -0.39 is 35.8 Å². The van der Waals surface area contributed by atoms with E-state index >= 15 is 0 Å². The van der Waals surface area contributed by atoms with E-state index in [0.29, 0.717) is 24.0 Å². The normalized spacial score (nSPS) is 12.7. The number of phenolic OH excluding ortho intramolecular Hbond substituents is 2. The van der Waals surface area contributed by atoms with Crippen LogP contribution in [0.3, 0.4) is 0 Å². The van der Waals surface area contributed by atoms with E-state index in [4.69, 9.17) is 15.6 Å². The van der Waals surface area contributed by atoms with Crippen LogP contribution in [0.15, 0.2) is 48.2 Å². The topological polar surface area (TPSA) is 209 Å². The number of aliphatic carboxylic acids is 2. The average molecular weight is 530 g/mol. The lowest BCUT2D eigenvalue weighted by Crippen LogP contribution is -2.43. The molecule has 12 heteroatoms. The molecule has 2 rings (SSSR count). The molecule has 2 amide bonds. The van der Waals surface area contributed by atoms with Gasteiger partial charge in [0.05, 0.1) is 12.7 Å². The number of unbranched alkanes of at least 4 members (excludes halogenated alkanes) is 1. The van der Waals surface area contributed by atoms with Crippen LogP contribution in [0.5, 0.6) is 11.5 Å². The van der Waals surface area contributed by atoms with Gasteiger partial charge in [-0.25, -0.2) is 4.79 Å². The van der Waals surface area contributed by atoms with Gasteiger partial charge in [-0.15, -0.1) is 0 Å². The van der Waals surface area contributed by atoms with Crippen LogP contribution in [0.4, 0.5) is 0 Å². The van der Waals surface area contributed by atoms with Gasteiger partial charge in [-0.05, 0) is 60.7 Å². The van der Waals surface area contributed by atoms with E-state index in [9.17, 15) is 34.5 Å². The molecule has 0 heterocycles. The van der Waals surface area contributed by atoms with Crippen molar-refractivity contribution < 1.29 is 44.3 Å². The minimum atomic E-state index is -1.28. The molecule has 2 aromatic carbocycles. The Bertz CT molecular complexity index is 1180. The summed E-state index contributed by atoms with van der Waals surface area (Å²) in [6.45, 7) is 0.230. The first-order valence-corrected chi connectivity index (χ1v) is 11.7. The lowest BCUT2D eigenvalue weighted by Gasteiger charge is -2.16. The van der Waals surface area contributed by atoms with Crippen molar-refractivity contribution in [2.75, 3.05) is 13.7 Å². The largest absolute Gasteiger partial charge is 0.508 e. The van der Waals surface area contributed by atoms with Gasteiger partial charge >= 0.3 is 11.9 Å². The molecule has 2 atom stereocenters. The zero-order chi connectivity index (χ0) is 28.2. The molecule has 38 heavy (non-hydrogen) atoms. The Morgan fingerprint density at radius 3 is 2.29 bits per heavy atom. The minimum absolute atomic E-state index is 0.0247. The number of amides is 2. The average Bonchev–Trinajstić information content (AvgIpc) is 2.88. The third-order valence-corrected chi connectivity index (χ3v) is 5.53. The van der Waals surface area contributed by atoms with Crippen LogP contribution >= 0.6 is 0 Å². The van der Waals surface area contributed by atoms with Crippen molar-refractivity contribution in [1.82, 2.24) is 10.6 Å². The van der Waals surface area contributed by atoms with Crippen molar-refractivity contribution in [2.45, 2.75) is 37.8 Å². The second-order valence-corrected chi connectivity index (χ2v) is 8.42. The quantitative estimate of drug-likeness (QED) is 0.106. The number of aromatic hydroxyl groups is 2. The van der Waals surface area contributed by atoms with Gasteiger partial charge in [0, 0.05) is 13.0 Å². The first kappa shape index (κ1) is 29.6. The summed E-state index contributed by atoms with van der Waals surface area (Å²) >= 11 is 0. The maximum Gasteiger partial charge on any atom is 0.326 e. The van der Waals surface area contributed by atoms with E-state index in [1.807, 2.05) is 0 Å². The first-order valence-electron chi connectivity index (χ1n) is 11.7. The summed E-state index contributed by atoms with van der Waals surface area (Å²) in [5.74, 6) is -4.25. The number of methoxy groups -OCH3 is 1. The smallest absolute Gasteiger partial charge is 0.326 e. The van der Waals surface area contributed by atoms with Gasteiger partial charge in [-0.2, -0.15) is 0 Å². The zero-order valence-electron chi connectivity index (χ0n) is 20.7. The Labute approximate surface area is 218 Å². The summed E-state index contributed by atoms with van der Waals surface area (Å²) in [5, 5.41) is 42.8. The van der Waals surface area contributed by atoms with Gasteiger partial charge in [-0.3, -0.25) is 14.4 Å². The third kappa shape index (κ3) is 9.13.